The number of para-hydroxylation sites is 3. The largest absolute Gasteiger partial charge is 0.450 e. The first-order valence-corrected chi connectivity index (χ1v) is 8.40. The summed E-state index contributed by atoms with van der Waals surface area (Å²) in [6.45, 7) is 3.98. The Balaban J connectivity index is 1.99. The molecule has 0 fully saturated rings. The summed E-state index contributed by atoms with van der Waals surface area (Å²) in [5.41, 5.74) is 2.27. The molecule has 1 aromatic heterocycles. The van der Waals surface area contributed by atoms with Gasteiger partial charge in [0.1, 0.15) is 5.75 Å². The molecule has 0 atom stereocenters. The lowest BCUT2D eigenvalue weighted by Gasteiger charge is -2.13. The highest BCUT2D eigenvalue weighted by atomic mass is 16.5. The number of carbonyl (C=O) groups excluding carboxylic acids is 1. The van der Waals surface area contributed by atoms with Gasteiger partial charge in [-0.15, -0.1) is 0 Å². The maximum Gasteiger partial charge on any atom is 0.413 e. The number of aryl methyl sites for hydroxylation is 1. The summed E-state index contributed by atoms with van der Waals surface area (Å²) in [5.74, 6) is 0.767. The van der Waals surface area contributed by atoms with Crippen molar-refractivity contribution in [1.82, 2.24) is 9.55 Å². The number of aromatic nitrogens is 2. The van der Waals surface area contributed by atoms with Crippen LogP contribution in [0, 0.1) is 5.41 Å². The van der Waals surface area contributed by atoms with E-state index in [1.54, 1.807) is 13.0 Å². The molecule has 0 saturated carbocycles. The van der Waals surface area contributed by atoms with Crippen molar-refractivity contribution in [2.24, 2.45) is 0 Å². The fourth-order valence-electron chi connectivity index (χ4n) is 2.62. The fourth-order valence-corrected chi connectivity index (χ4v) is 2.62. The molecule has 134 valence electrons. The van der Waals surface area contributed by atoms with E-state index >= 15 is 0 Å². The number of ether oxygens (including phenoxy) is 2. The highest BCUT2D eigenvalue weighted by molar-refractivity contribution is 5.95. The van der Waals surface area contributed by atoms with E-state index in [0.717, 1.165) is 12.0 Å². The third-order valence-corrected chi connectivity index (χ3v) is 3.81. The van der Waals surface area contributed by atoms with Crippen LogP contribution in [0.2, 0.25) is 0 Å². The minimum atomic E-state index is -0.634. The van der Waals surface area contributed by atoms with Gasteiger partial charge in [-0.3, -0.25) is 10.7 Å². The van der Waals surface area contributed by atoms with Gasteiger partial charge < -0.3 is 9.47 Å². The number of amides is 1. The molecule has 3 rings (SSSR count). The Morgan fingerprint density at radius 3 is 2.65 bits per heavy atom. The molecule has 2 aromatic carbocycles. The molecule has 0 radical (unpaired) electrons. The minimum absolute atomic E-state index is 0.161. The van der Waals surface area contributed by atoms with Crippen LogP contribution in [-0.2, 0) is 11.2 Å². The maximum atomic E-state index is 11.8. The van der Waals surface area contributed by atoms with Gasteiger partial charge in [0.25, 0.3) is 0 Å². The molecule has 1 heterocycles. The van der Waals surface area contributed by atoms with Gasteiger partial charge in [-0.1, -0.05) is 37.3 Å². The van der Waals surface area contributed by atoms with Gasteiger partial charge in [0, 0.05) is 0 Å². The first-order valence-electron chi connectivity index (χ1n) is 8.40. The van der Waals surface area contributed by atoms with Crippen LogP contribution in [0.15, 0.2) is 48.5 Å². The molecule has 0 unspecified atom stereocenters. The van der Waals surface area contributed by atoms with Crippen LogP contribution in [0.3, 0.4) is 0 Å². The van der Waals surface area contributed by atoms with E-state index in [-0.39, 0.29) is 18.6 Å². The molecule has 2 N–H and O–H groups in total. The van der Waals surface area contributed by atoms with Gasteiger partial charge >= 0.3 is 12.1 Å². The zero-order valence-corrected chi connectivity index (χ0v) is 14.7. The second-order valence-electron chi connectivity index (χ2n) is 5.47. The van der Waals surface area contributed by atoms with Gasteiger partial charge in [-0.25, -0.2) is 14.3 Å². The molecule has 0 aliphatic carbocycles. The Kier molecular flexibility index (Phi) is 5.17. The van der Waals surface area contributed by atoms with Gasteiger partial charge in [-0.2, -0.15) is 0 Å². The molecule has 0 aliphatic heterocycles. The van der Waals surface area contributed by atoms with Crippen LogP contribution in [0.4, 0.5) is 10.7 Å². The van der Waals surface area contributed by atoms with E-state index < -0.39 is 6.09 Å². The van der Waals surface area contributed by atoms with Crippen molar-refractivity contribution < 1.29 is 14.3 Å². The van der Waals surface area contributed by atoms with Crippen molar-refractivity contribution in [3.8, 4) is 5.75 Å². The van der Waals surface area contributed by atoms with E-state index in [9.17, 15) is 4.79 Å². The molecule has 1 amide bonds. The third-order valence-electron chi connectivity index (χ3n) is 3.81. The number of fused-ring (bicyclic) bond motifs is 1. The zero-order chi connectivity index (χ0) is 18.5. The summed E-state index contributed by atoms with van der Waals surface area (Å²) in [5, 5.41) is 11.0. The van der Waals surface area contributed by atoms with Crippen molar-refractivity contribution in [3.05, 3.63) is 54.1 Å². The van der Waals surface area contributed by atoms with Crippen molar-refractivity contribution in [3.63, 3.8) is 0 Å². The molecule has 7 heteroatoms. The molecular weight excluding hydrogens is 332 g/mol. The first kappa shape index (κ1) is 17.5. The Hall–Kier alpha value is -3.35. The number of benzene rings is 2. The van der Waals surface area contributed by atoms with Crippen molar-refractivity contribution in [2.45, 2.75) is 20.3 Å². The number of carbonyl (C=O) groups is 1. The summed E-state index contributed by atoms with van der Waals surface area (Å²) in [6.07, 6.45) is 0.146. The van der Waals surface area contributed by atoms with Crippen LogP contribution in [0.1, 0.15) is 19.4 Å². The SMILES string of the molecule is CCOC(=O)Nc1nc2ccccc2n1C(=N)Oc1ccccc1CC. The Morgan fingerprint density at radius 2 is 1.88 bits per heavy atom. The third kappa shape index (κ3) is 3.51. The number of rotatable bonds is 4. The van der Waals surface area contributed by atoms with E-state index in [2.05, 4.69) is 10.3 Å². The lowest BCUT2D eigenvalue weighted by Crippen LogP contribution is -2.23. The van der Waals surface area contributed by atoms with E-state index in [0.29, 0.717) is 16.8 Å². The highest BCUT2D eigenvalue weighted by Crippen LogP contribution is 2.23. The van der Waals surface area contributed by atoms with Gasteiger partial charge in [0.15, 0.2) is 0 Å². The molecule has 0 saturated heterocycles. The smallest absolute Gasteiger partial charge is 0.413 e. The Labute approximate surface area is 151 Å². The normalized spacial score (nSPS) is 10.5. The number of anilines is 1. The van der Waals surface area contributed by atoms with Crippen molar-refractivity contribution in [2.75, 3.05) is 11.9 Å². The molecule has 3 aromatic rings. The highest BCUT2D eigenvalue weighted by Gasteiger charge is 2.18. The molecule has 0 bridgehead atoms. The van der Waals surface area contributed by atoms with E-state index in [1.165, 1.54) is 4.57 Å². The minimum Gasteiger partial charge on any atom is -0.450 e. The van der Waals surface area contributed by atoms with Crippen LogP contribution in [0.5, 0.6) is 5.75 Å². The van der Waals surface area contributed by atoms with Gasteiger partial charge in [-0.05, 0) is 37.1 Å². The van der Waals surface area contributed by atoms with Crippen molar-refractivity contribution in [1.29, 1.82) is 5.41 Å². The monoisotopic (exact) mass is 352 g/mol. The lowest BCUT2D eigenvalue weighted by molar-refractivity contribution is 0.167. The topological polar surface area (TPSA) is 89.2 Å². The van der Waals surface area contributed by atoms with Crippen LogP contribution >= 0.6 is 0 Å². The summed E-state index contributed by atoms with van der Waals surface area (Å²) in [4.78, 5) is 16.2. The predicted molar refractivity (Wildman–Crippen MR) is 100.0 cm³/mol. The molecule has 0 spiro atoms. The molecule has 7 nitrogen and oxygen atoms in total. The number of hydrogen-bond acceptors (Lipinski definition) is 5. The van der Waals surface area contributed by atoms with Crippen molar-refractivity contribution >= 4 is 29.1 Å². The number of hydrogen-bond donors (Lipinski definition) is 2. The quantitative estimate of drug-likeness (QED) is 0.548. The second kappa shape index (κ2) is 7.69. The first-order chi connectivity index (χ1) is 12.6. The lowest BCUT2D eigenvalue weighted by atomic mass is 10.1. The summed E-state index contributed by atoms with van der Waals surface area (Å²) >= 11 is 0. The van der Waals surface area contributed by atoms with Crippen LogP contribution in [-0.4, -0.2) is 28.3 Å². The molecule has 26 heavy (non-hydrogen) atoms. The standard InChI is InChI=1S/C19H20N4O3/c1-3-13-9-5-8-12-16(13)26-17(20)23-15-11-7-6-10-14(15)21-18(23)22-19(24)25-4-2/h5-12,20H,3-4H2,1-2H3,(H,21,22,24). The number of nitrogens with zero attached hydrogens (tertiary/aromatic N) is 2. The number of nitrogens with one attached hydrogen (secondary N) is 2. The van der Waals surface area contributed by atoms with Gasteiger partial charge in [0.05, 0.1) is 17.6 Å². The fraction of sp³-hybridized carbons (Fsp3) is 0.211. The van der Waals surface area contributed by atoms with E-state index in [1.807, 2.05) is 49.4 Å². The molecular formula is C19H20N4O3. The van der Waals surface area contributed by atoms with Gasteiger partial charge in [0.2, 0.25) is 5.95 Å². The summed E-state index contributed by atoms with van der Waals surface area (Å²) in [7, 11) is 0. The van der Waals surface area contributed by atoms with Crippen LogP contribution in [0.25, 0.3) is 11.0 Å². The number of imidazole rings is 1. The van der Waals surface area contributed by atoms with E-state index in [4.69, 9.17) is 14.9 Å². The Morgan fingerprint density at radius 1 is 1.15 bits per heavy atom. The summed E-state index contributed by atoms with van der Waals surface area (Å²) < 4.78 is 12.1. The predicted octanol–water partition coefficient (Wildman–Crippen LogP) is 4.03. The Bertz CT molecular complexity index is 949. The maximum absolute atomic E-state index is 11.8. The average molecular weight is 352 g/mol. The second-order valence-corrected chi connectivity index (χ2v) is 5.47. The molecule has 0 aliphatic rings. The average Bonchev–Trinajstić information content (AvgIpc) is 3.00. The summed E-state index contributed by atoms with van der Waals surface area (Å²) in [6, 6.07) is 14.7. The van der Waals surface area contributed by atoms with Crippen LogP contribution < -0.4 is 10.1 Å². The zero-order valence-electron chi connectivity index (χ0n) is 14.7.